The normalized spacial score (nSPS) is 17.9. The molecule has 0 unspecified atom stereocenters. The summed E-state index contributed by atoms with van der Waals surface area (Å²) in [5, 5.41) is 6.01. The van der Waals surface area contributed by atoms with Crippen molar-refractivity contribution < 1.29 is 14.3 Å². The molecule has 1 aromatic rings. The summed E-state index contributed by atoms with van der Waals surface area (Å²) in [6, 6.07) is 4.19. The van der Waals surface area contributed by atoms with Crippen LogP contribution in [-0.2, 0) is 6.54 Å². The highest BCUT2D eigenvalue weighted by Gasteiger charge is 2.17. The van der Waals surface area contributed by atoms with Crippen LogP contribution < -0.4 is 20.1 Å². The van der Waals surface area contributed by atoms with Crippen LogP contribution in [0.2, 0.25) is 0 Å². The highest BCUT2D eigenvalue weighted by Crippen LogP contribution is 2.32. The SMILES string of the molecule is Cc1cc2c(cc1CNC(=O)NC1CCCCC1)OCCO2. The molecule has 0 radical (unpaired) electrons. The van der Waals surface area contributed by atoms with Gasteiger partial charge in [-0.2, -0.15) is 0 Å². The summed E-state index contributed by atoms with van der Waals surface area (Å²) in [5.41, 5.74) is 2.16. The molecular formula is C17H24N2O3. The van der Waals surface area contributed by atoms with Gasteiger partial charge in [0.15, 0.2) is 11.5 Å². The van der Waals surface area contributed by atoms with E-state index in [1.807, 2.05) is 19.1 Å². The topological polar surface area (TPSA) is 59.6 Å². The van der Waals surface area contributed by atoms with Crippen molar-refractivity contribution >= 4 is 6.03 Å². The summed E-state index contributed by atoms with van der Waals surface area (Å²) in [6.07, 6.45) is 5.90. The van der Waals surface area contributed by atoms with E-state index in [4.69, 9.17) is 9.47 Å². The number of urea groups is 1. The molecule has 1 aliphatic heterocycles. The summed E-state index contributed by atoms with van der Waals surface area (Å²) < 4.78 is 11.2. The van der Waals surface area contributed by atoms with Gasteiger partial charge in [-0.3, -0.25) is 0 Å². The molecule has 1 aromatic carbocycles. The van der Waals surface area contributed by atoms with Gasteiger partial charge in [-0.1, -0.05) is 19.3 Å². The molecule has 5 heteroatoms. The molecule has 2 N–H and O–H groups in total. The zero-order valence-electron chi connectivity index (χ0n) is 13.1. The van der Waals surface area contributed by atoms with E-state index >= 15 is 0 Å². The highest BCUT2D eigenvalue weighted by atomic mass is 16.6. The molecule has 1 fully saturated rings. The first-order chi connectivity index (χ1) is 10.7. The van der Waals surface area contributed by atoms with Gasteiger partial charge in [0.05, 0.1) is 0 Å². The molecule has 1 aliphatic carbocycles. The standard InChI is InChI=1S/C17H24N2O3/c1-12-9-15-16(22-8-7-21-15)10-13(12)11-18-17(20)19-14-5-3-2-4-6-14/h9-10,14H,2-8,11H2,1H3,(H2,18,19,20). The average Bonchev–Trinajstić information content (AvgIpc) is 2.54. The summed E-state index contributed by atoms with van der Waals surface area (Å²) in [7, 11) is 0. The van der Waals surface area contributed by atoms with Gasteiger partial charge in [-0.05, 0) is 43.0 Å². The summed E-state index contributed by atoms with van der Waals surface area (Å²) in [4.78, 5) is 12.0. The van der Waals surface area contributed by atoms with Crippen molar-refractivity contribution in [3.63, 3.8) is 0 Å². The van der Waals surface area contributed by atoms with Crippen LogP contribution in [0, 0.1) is 6.92 Å². The molecular weight excluding hydrogens is 280 g/mol. The van der Waals surface area contributed by atoms with Crippen molar-refractivity contribution in [2.24, 2.45) is 0 Å². The first-order valence-electron chi connectivity index (χ1n) is 8.16. The zero-order valence-corrected chi connectivity index (χ0v) is 13.1. The van der Waals surface area contributed by atoms with E-state index in [2.05, 4.69) is 10.6 Å². The van der Waals surface area contributed by atoms with Crippen molar-refractivity contribution in [1.82, 2.24) is 10.6 Å². The number of carbonyl (C=O) groups excluding carboxylic acids is 1. The van der Waals surface area contributed by atoms with Crippen molar-refractivity contribution in [3.8, 4) is 11.5 Å². The number of amides is 2. The van der Waals surface area contributed by atoms with Gasteiger partial charge in [-0.25, -0.2) is 4.79 Å². The molecule has 5 nitrogen and oxygen atoms in total. The maximum absolute atomic E-state index is 12.0. The number of carbonyl (C=O) groups is 1. The van der Waals surface area contributed by atoms with Crippen LogP contribution >= 0.6 is 0 Å². The van der Waals surface area contributed by atoms with Crippen LogP contribution in [0.5, 0.6) is 11.5 Å². The fourth-order valence-electron chi connectivity index (χ4n) is 3.08. The van der Waals surface area contributed by atoms with Crippen LogP contribution in [0.25, 0.3) is 0 Å². The maximum atomic E-state index is 12.0. The first kappa shape index (κ1) is 15.0. The van der Waals surface area contributed by atoms with E-state index in [0.29, 0.717) is 25.8 Å². The quantitative estimate of drug-likeness (QED) is 0.902. The molecule has 2 aliphatic rings. The van der Waals surface area contributed by atoms with Gasteiger partial charge >= 0.3 is 6.03 Å². The second-order valence-electron chi connectivity index (χ2n) is 6.08. The van der Waals surface area contributed by atoms with Crippen molar-refractivity contribution in [2.75, 3.05) is 13.2 Å². The van der Waals surface area contributed by atoms with Crippen LogP contribution in [0.3, 0.4) is 0 Å². The molecule has 22 heavy (non-hydrogen) atoms. The predicted molar refractivity (Wildman–Crippen MR) is 84.4 cm³/mol. The fraction of sp³-hybridized carbons (Fsp3) is 0.588. The number of ether oxygens (including phenoxy) is 2. The van der Waals surface area contributed by atoms with Crippen molar-refractivity contribution in [3.05, 3.63) is 23.3 Å². The lowest BCUT2D eigenvalue weighted by atomic mass is 9.96. The lowest BCUT2D eigenvalue weighted by molar-refractivity contribution is 0.171. The van der Waals surface area contributed by atoms with Crippen LogP contribution in [0.4, 0.5) is 4.79 Å². The minimum Gasteiger partial charge on any atom is -0.486 e. The molecule has 3 rings (SSSR count). The van der Waals surface area contributed by atoms with Crippen LogP contribution in [-0.4, -0.2) is 25.3 Å². The largest absolute Gasteiger partial charge is 0.486 e. The molecule has 0 aromatic heterocycles. The molecule has 0 spiro atoms. The van der Waals surface area contributed by atoms with E-state index in [1.54, 1.807) is 0 Å². The van der Waals surface area contributed by atoms with Gasteiger partial charge in [0.25, 0.3) is 0 Å². The Kier molecular flexibility index (Phi) is 4.71. The lowest BCUT2D eigenvalue weighted by Gasteiger charge is -2.23. The van der Waals surface area contributed by atoms with Crippen LogP contribution in [0.15, 0.2) is 12.1 Å². The van der Waals surface area contributed by atoms with E-state index in [0.717, 1.165) is 35.5 Å². The Morgan fingerprint density at radius 3 is 2.55 bits per heavy atom. The minimum absolute atomic E-state index is 0.0822. The Hall–Kier alpha value is -1.91. The van der Waals surface area contributed by atoms with Crippen molar-refractivity contribution in [1.29, 1.82) is 0 Å². The number of rotatable bonds is 3. The van der Waals surface area contributed by atoms with Gasteiger partial charge in [-0.15, -0.1) is 0 Å². The summed E-state index contributed by atoms with van der Waals surface area (Å²) in [6.45, 7) is 3.69. The van der Waals surface area contributed by atoms with Crippen LogP contribution in [0.1, 0.15) is 43.2 Å². The molecule has 120 valence electrons. The minimum atomic E-state index is -0.0822. The Morgan fingerprint density at radius 1 is 1.14 bits per heavy atom. The van der Waals surface area contributed by atoms with E-state index in [-0.39, 0.29) is 6.03 Å². The Labute approximate surface area is 131 Å². The highest BCUT2D eigenvalue weighted by molar-refractivity contribution is 5.74. The third-order valence-corrected chi connectivity index (χ3v) is 4.38. The molecule has 1 heterocycles. The fourth-order valence-corrected chi connectivity index (χ4v) is 3.08. The number of nitrogens with one attached hydrogen (secondary N) is 2. The monoisotopic (exact) mass is 304 g/mol. The molecule has 2 amide bonds. The number of benzene rings is 1. The number of hydrogen-bond acceptors (Lipinski definition) is 3. The van der Waals surface area contributed by atoms with Crippen molar-refractivity contribution in [2.45, 2.75) is 51.6 Å². The van der Waals surface area contributed by atoms with E-state index in [9.17, 15) is 4.79 Å². The Morgan fingerprint density at radius 2 is 1.82 bits per heavy atom. The van der Waals surface area contributed by atoms with E-state index < -0.39 is 0 Å². The average molecular weight is 304 g/mol. The third-order valence-electron chi connectivity index (χ3n) is 4.38. The van der Waals surface area contributed by atoms with Gasteiger partial charge in [0.2, 0.25) is 0 Å². The molecule has 0 bridgehead atoms. The summed E-state index contributed by atoms with van der Waals surface area (Å²) >= 11 is 0. The smallest absolute Gasteiger partial charge is 0.315 e. The second-order valence-corrected chi connectivity index (χ2v) is 6.08. The Balaban J connectivity index is 1.55. The number of hydrogen-bond donors (Lipinski definition) is 2. The first-order valence-corrected chi connectivity index (χ1v) is 8.16. The maximum Gasteiger partial charge on any atom is 0.315 e. The zero-order chi connectivity index (χ0) is 15.4. The van der Waals surface area contributed by atoms with Gasteiger partial charge < -0.3 is 20.1 Å². The summed E-state index contributed by atoms with van der Waals surface area (Å²) in [5.74, 6) is 1.56. The number of fused-ring (bicyclic) bond motifs is 1. The second kappa shape index (κ2) is 6.90. The van der Waals surface area contributed by atoms with Gasteiger partial charge in [0.1, 0.15) is 13.2 Å². The Bertz CT molecular complexity index is 539. The van der Waals surface area contributed by atoms with Gasteiger partial charge in [0, 0.05) is 12.6 Å². The van der Waals surface area contributed by atoms with E-state index in [1.165, 1.54) is 19.3 Å². The lowest BCUT2D eigenvalue weighted by Crippen LogP contribution is -2.42. The predicted octanol–water partition coefficient (Wildman–Crippen LogP) is 2.90. The molecule has 0 atom stereocenters. The third kappa shape index (κ3) is 3.64. The molecule has 1 saturated carbocycles. The number of aryl methyl sites for hydroxylation is 1. The molecule has 0 saturated heterocycles.